The maximum absolute atomic E-state index is 12.2. The number of alkyl halides is 1. The van der Waals surface area contributed by atoms with Gasteiger partial charge in [0.25, 0.3) is 0 Å². The van der Waals surface area contributed by atoms with Crippen molar-refractivity contribution in [3.63, 3.8) is 0 Å². The summed E-state index contributed by atoms with van der Waals surface area (Å²) in [6, 6.07) is 0. The third-order valence-corrected chi connectivity index (χ3v) is 2.69. The SMILES string of the molecule is CC/C=C\C(C)(CCF)C(C)C. The molecule has 0 heterocycles. The molecule has 0 aliphatic heterocycles. The van der Waals surface area contributed by atoms with Crippen LogP contribution >= 0.6 is 0 Å². The standard InChI is InChI=1S/C11H21F/c1-5-6-7-11(4,8-9-12)10(2)3/h6-7,10H,5,8-9H2,1-4H3/b7-6-. The van der Waals surface area contributed by atoms with E-state index in [9.17, 15) is 4.39 Å². The van der Waals surface area contributed by atoms with Gasteiger partial charge in [-0.2, -0.15) is 0 Å². The average Bonchev–Trinajstić information content (AvgIpc) is 2.01. The van der Waals surface area contributed by atoms with Crippen LogP contribution in [0.5, 0.6) is 0 Å². The molecule has 0 radical (unpaired) electrons. The Morgan fingerprint density at radius 1 is 1.42 bits per heavy atom. The fraction of sp³-hybridized carbons (Fsp3) is 0.818. The summed E-state index contributed by atoms with van der Waals surface area (Å²) < 4.78 is 12.2. The molecule has 1 unspecified atom stereocenters. The van der Waals surface area contributed by atoms with Gasteiger partial charge in [0.1, 0.15) is 0 Å². The van der Waals surface area contributed by atoms with Gasteiger partial charge in [-0.15, -0.1) is 0 Å². The Labute approximate surface area is 75.9 Å². The van der Waals surface area contributed by atoms with Crippen LogP contribution < -0.4 is 0 Å². The summed E-state index contributed by atoms with van der Waals surface area (Å²) in [5.74, 6) is 0.510. The molecule has 0 aliphatic carbocycles. The van der Waals surface area contributed by atoms with E-state index < -0.39 is 0 Å². The van der Waals surface area contributed by atoms with E-state index in [2.05, 4.69) is 39.8 Å². The number of hydrogen-bond acceptors (Lipinski definition) is 0. The quantitative estimate of drug-likeness (QED) is 0.550. The molecular formula is C11H21F. The normalized spacial score (nSPS) is 17.2. The summed E-state index contributed by atoms with van der Waals surface area (Å²) in [5.41, 5.74) is 0.0464. The van der Waals surface area contributed by atoms with Crippen molar-refractivity contribution in [1.29, 1.82) is 0 Å². The van der Waals surface area contributed by atoms with Crippen LogP contribution in [0.15, 0.2) is 12.2 Å². The lowest BCUT2D eigenvalue weighted by Crippen LogP contribution is -2.21. The van der Waals surface area contributed by atoms with Crippen molar-refractivity contribution in [2.75, 3.05) is 6.67 Å². The zero-order valence-corrected chi connectivity index (χ0v) is 8.73. The molecular weight excluding hydrogens is 151 g/mol. The molecule has 0 N–H and O–H groups in total. The van der Waals surface area contributed by atoms with E-state index in [-0.39, 0.29) is 12.1 Å². The van der Waals surface area contributed by atoms with Gasteiger partial charge in [-0.3, -0.25) is 4.39 Å². The van der Waals surface area contributed by atoms with Gasteiger partial charge >= 0.3 is 0 Å². The fourth-order valence-electron chi connectivity index (χ4n) is 1.16. The van der Waals surface area contributed by atoms with Gasteiger partial charge in [0.05, 0.1) is 6.67 Å². The summed E-state index contributed by atoms with van der Waals surface area (Å²) in [5, 5.41) is 0. The molecule has 0 fully saturated rings. The van der Waals surface area contributed by atoms with Gasteiger partial charge in [0.15, 0.2) is 0 Å². The molecule has 0 amide bonds. The zero-order chi connectivity index (χ0) is 9.61. The maximum Gasteiger partial charge on any atom is 0.0902 e. The van der Waals surface area contributed by atoms with E-state index in [0.29, 0.717) is 12.3 Å². The third kappa shape index (κ3) is 3.38. The number of rotatable bonds is 5. The van der Waals surface area contributed by atoms with Crippen molar-refractivity contribution in [2.45, 2.75) is 40.5 Å². The van der Waals surface area contributed by atoms with E-state index in [1.807, 2.05) is 0 Å². The predicted molar refractivity (Wildman–Crippen MR) is 53.0 cm³/mol. The highest BCUT2D eigenvalue weighted by molar-refractivity contribution is 4.98. The topological polar surface area (TPSA) is 0 Å². The Kier molecular flexibility index (Phi) is 5.19. The minimum absolute atomic E-state index is 0.0464. The number of allylic oxidation sites excluding steroid dienone is 2. The van der Waals surface area contributed by atoms with Crippen molar-refractivity contribution in [1.82, 2.24) is 0 Å². The molecule has 0 nitrogen and oxygen atoms in total. The van der Waals surface area contributed by atoms with Crippen LogP contribution in [-0.2, 0) is 0 Å². The van der Waals surface area contributed by atoms with E-state index in [0.717, 1.165) is 6.42 Å². The van der Waals surface area contributed by atoms with Crippen molar-refractivity contribution < 1.29 is 4.39 Å². The molecule has 0 saturated heterocycles. The molecule has 0 bridgehead atoms. The molecule has 0 aromatic carbocycles. The average molecular weight is 172 g/mol. The number of halogens is 1. The van der Waals surface area contributed by atoms with Gasteiger partial charge in [-0.05, 0) is 24.2 Å². The minimum Gasteiger partial charge on any atom is -0.251 e. The molecule has 1 atom stereocenters. The third-order valence-electron chi connectivity index (χ3n) is 2.69. The van der Waals surface area contributed by atoms with Gasteiger partial charge in [0, 0.05) is 0 Å². The molecule has 12 heavy (non-hydrogen) atoms. The number of hydrogen-bond donors (Lipinski definition) is 0. The highest BCUT2D eigenvalue weighted by atomic mass is 19.1. The Morgan fingerprint density at radius 3 is 2.33 bits per heavy atom. The Balaban J connectivity index is 4.28. The molecule has 0 aromatic rings. The summed E-state index contributed by atoms with van der Waals surface area (Å²) in [6.45, 7) is 8.31. The minimum atomic E-state index is -0.220. The fourth-order valence-corrected chi connectivity index (χ4v) is 1.16. The molecule has 0 spiro atoms. The van der Waals surface area contributed by atoms with Crippen LogP contribution in [0, 0.1) is 11.3 Å². The first-order valence-corrected chi connectivity index (χ1v) is 4.80. The van der Waals surface area contributed by atoms with Gasteiger partial charge in [-0.1, -0.05) is 39.8 Å². The molecule has 0 aliphatic rings. The second kappa shape index (κ2) is 5.34. The Morgan fingerprint density at radius 2 is 2.00 bits per heavy atom. The predicted octanol–water partition coefficient (Wildman–Crippen LogP) is 3.97. The highest BCUT2D eigenvalue weighted by Crippen LogP contribution is 2.32. The van der Waals surface area contributed by atoms with Crippen LogP contribution in [0.25, 0.3) is 0 Å². The molecule has 0 rings (SSSR count). The second-order valence-corrected chi connectivity index (χ2v) is 3.91. The van der Waals surface area contributed by atoms with E-state index in [1.54, 1.807) is 0 Å². The molecule has 0 saturated carbocycles. The molecule has 0 aromatic heterocycles. The lowest BCUT2D eigenvalue weighted by atomic mass is 9.76. The first-order valence-electron chi connectivity index (χ1n) is 4.80. The van der Waals surface area contributed by atoms with Crippen LogP contribution in [0.3, 0.4) is 0 Å². The summed E-state index contributed by atoms with van der Waals surface area (Å²) in [7, 11) is 0. The van der Waals surface area contributed by atoms with Crippen molar-refractivity contribution in [3.8, 4) is 0 Å². The van der Waals surface area contributed by atoms with Crippen molar-refractivity contribution >= 4 is 0 Å². The zero-order valence-electron chi connectivity index (χ0n) is 8.73. The maximum atomic E-state index is 12.2. The Hall–Kier alpha value is -0.330. The van der Waals surface area contributed by atoms with E-state index in [4.69, 9.17) is 0 Å². The van der Waals surface area contributed by atoms with Crippen molar-refractivity contribution in [3.05, 3.63) is 12.2 Å². The van der Waals surface area contributed by atoms with Crippen LogP contribution in [0.2, 0.25) is 0 Å². The van der Waals surface area contributed by atoms with Gasteiger partial charge < -0.3 is 0 Å². The smallest absolute Gasteiger partial charge is 0.0902 e. The summed E-state index contributed by atoms with van der Waals surface area (Å²) >= 11 is 0. The Bertz CT molecular complexity index is 138. The highest BCUT2D eigenvalue weighted by Gasteiger charge is 2.24. The van der Waals surface area contributed by atoms with E-state index in [1.165, 1.54) is 0 Å². The first kappa shape index (κ1) is 11.7. The first-order chi connectivity index (χ1) is 5.56. The van der Waals surface area contributed by atoms with Crippen LogP contribution in [-0.4, -0.2) is 6.67 Å². The molecule has 72 valence electrons. The second-order valence-electron chi connectivity index (χ2n) is 3.91. The van der Waals surface area contributed by atoms with Crippen LogP contribution in [0.4, 0.5) is 4.39 Å². The van der Waals surface area contributed by atoms with E-state index >= 15 is 0 Å². The summed E-state index contributed by atoms with van der Waals surface area (Å²) in [4.78, 5) is 0. The largest absolute Gasteiger partial charge is 0.251 e. The van der Waals surface area contributed by atoms with Crippen LogP contribution in [0.1, 0.15) is 40.5 Å². The van der Waals surface area contributed by atoms with Gasteiger partial charge in [-0.25, -0.2) is 0 Å². The lowest BCUT2D eigenvalue weighted by molar-refractivity contribution is 0.244. The summed E-state index contributed by atoms with van der Waals surface area (Å²) in [6.07, 6.45) is 5.97. The lowest BCUT2D eigenvalue weighted by Gasteiger charge is -2.29. The molecule has 1 heteroatoms. The van der Waals surface area contributed by atoms with Crippen molar-refractivity contribution in [2.24, 2.45) is 11.3 Å². The monoisotopic (exact) mass is 172 g/mol. The van der Waals surface area contributed by atoms with Gasteiger partial charge in [0.2, 0.25) is 0 Å².